The normalized spacial score (nSPS) is 12.6. The monoisotopic (exact) mass is 281 g/mol. The summed E-state index contributed by atoms with van der Waals surface area (Å²) in [5, 5.41) is 3.90. The molecule has 0 saturated carbocycles. The fourth-order valence-electron chi connectivity index (χ4n) is 1.64. The minimum atomic E-state index is -0.253. The van der Waals surface area contributed by atoms with Gasteiger partial charge in [-0.15, -0.1) is 0 Å². The first-order valence-electron chi connectivity index (χ1n) is 6.00. The second-order valence-electron chi connectivity index (χ2n) is 4.24. The van der Waals surface area contributed by atoms with E-state index in [4.69, 9.17) is 10.3 Å². The van der Waals surface area contributed by atoms with Gasteiger partial charge in [-0.3, -0.25) is 0 Å². The summed E-state index contributed by atoms with van der Waals surface area (Å²) in [4.78, 5) is 4.28. The zero-order valence-corrected chi connectivity index (χ0v) is 11.5. The van der Waals surface area contributed by atoms with Crippen molar-refractivity contribution in [2.24, 2.45) is 5.73 Å². The Bertz CT molecular complexity index is 515. The van der Waals surface area contributed by atoms with E-state index in [9.17, 15) is 4.39 Å². The molecule has 0 fully saturated rings. The molecule has 6 heteroatoms. The summed E-state index contributed by atoms with van der Waals surface area (Å²) in [7, 11) is 0. The number of nitrogens with two attached hydrogens (primary N) is 1. The minimum Gasteiger partial charge on any atom is -0.338 e. The molecule has 1 atom stereocenters. The first-order chi connectivity index (χ1) is 9.19. The number of nitrogens with zero attached hydrogens (tertiary/aromatic N) is 2. The number of hydrogen-bond acceptors (Lipinski definition) is 5. The van der Waals surface area contributed by atoms with Gasteiger partial charge in [0, 0.05) is 6.42 Å². The Morgan fingerprint density at radius 1 is 1.37 bits per heavy atom. The molecule has 0 bridgehead atoms. The average molecular weight is 281 g/mol. The van der Waals surface area contributed by atoms with Crippen LogP contribution in [-0.4, -0.2) is 22.1 Å². The quantitative estimate of drug-likeness (QED) is 0.881. The highest BCUT2D eigenvalue weighted by Crippen LogP contribution is 2.15. The van der Waals surface area contributed by atoms with Gasteiger partial charge in [-0.25, -0.2) is 4.39 Å². The highest BCUT2D eigenvalue weighted by atomic mass is 32.2. The molecule has 102 valence electrons. The van der Waals surface area contributed by atoms with Crippen molar-refractivity contribution in [2.75, 3.05) is 12.0 Å². The van der Waals surface area contributed by atoms with Crippen molar-refractivity contribution >= 4 is 11.8 Å². The lowest BCUT2D eigenvalue weighted by Gasteiger charge is -2.03. The maximum absolute atomic E-state index is 12.8. The van der Waals surface area contributed by atoms with Gasteiger partial charge < -0.3 is 10.3 Å². The third kappa shape index (κ3) is 4.04. The molecule has 1 unspecified atom stereocenters. The Morgan fingerprint density at radius 2 is 2.11 bits per heavy atom. The van der Waals surface area contributed by atoms with Crippen LogP contribution in [-0.2, 0) is 6.42 Å². The molecular weight excluding hydrogens is 265 g/mol. The summed E-state index contributed by atoms with van der Waals surface area (Å²) in [5.41, 5.74) is 6.88. The topological polar surface area (TPSA) is 64.9 Å². The molecule has 2 aromatic rings. The van der Waals surface area contributed by atoms with Crippen LogP contribution in [0.4, 0.5) is 4.39 Å². The predicted octanol–water partition coefficient (Wildman–Crippen LogP) is 2.55. The first kappa shape index (κ1) is 14.0. The molecule has 1 aromatic carbocycles. The van der Waals surface area contributed by atoms with Crippen LogP contribution in [0.1, 0.15) is 29.7 Å². The summed E-state index contributed by atoms with van der Waals surface area (Å²) < 4.78 is 17.9. The number of thioether (sulfide) groups is 1. The molecule has 0 amide bonds. The van der Waals surface area contributed by atoms with Gasteiger partial charge in [-0.1, -0.05) is 17.3 Å². The summed E-state index contributed by atoms with van der Waals surface area (Å²) in [6.07, 6.45) is 3.35. The number of hydrogen-bond donors (Lipinski definition) is 1. The van der Waals surface area contributed by atoms with Gasteiger partial charge in [0.05, 0.1) is 6.04 Å². The highest BCUT2D eigenvalue weighted by molar-refractivity contribution is 7.98. The summed E-state index contributed by atoms with van der Waals surface area (Å²) >= 11 is 1.73. The number of rotatable bonds is 6. The summed E-state index contributed by atoms with van der Waals surface area (Å²) in [6, 6.07) is 6.03. The van der Waals surface area contributed by atoms with Crippen molar-refractivity contribution in [1.82, 2.24) is 10.1 Å². The average Bonchev–Trinajstić information content (AvgIpc) is 2.87. The molecule has 19 heavy (non-hydrogen) atoms. The van der Waals surface area contributed by atoms with E-state index < -0.39 is 0 Å². The zero-order valence-electron chi connectivity index (χ0n) is 10.7. The molecular formula is C13H16FN3OS. The second kappa shape index (κ2) is 6.68. The predicted molar refractivity (Wildman–Crippen MR) is 73.4 cm³/mol. The van der Waals surface area contributed by atoms with E-state index in [2.05, 4.69) is 10.1 Å². The Balaban J connectivity index is 1.98. The molecule has 1 aromatic heterocycles. The fourth-order valence-corrected chi connectivity index (χ4v) is 2.13. The van der Waals surface area contributed by atoms with Crippen LogP contribution in [0.2, 0.25) is 0 Å². The molecule has 0 saturated heterocycles. The van der Waals surface area contributed by atoms with E-state index in [0.717, 1.165) is 17.7 Å². The summed E-state index contributed by atoms with van der Waals surface area (Å²) in [5.74, 6) is 1.74. The van der Waals surface area contributed by atoms with E-state index in [1.54, 1.807) is 23.9 Å². The largest absolute Gasteiger partial charge is 0.338 e. The van der Waals surface area contributed by atoms with E-state index in [1.165, 1.54) is 12.1 Å². The van der Waals surface area contributed by atoms with Crippen molar-refractivity contribution in [3.63, 3.8) is 0 Å². The smallest absolute Gasteiger partial charge is 0.243 e. The molecule has 0 aliphatic heterocycles. The van der Waals surface area contributed by atoms with Crippen molar-refractivity contribution in [1.29, 1.82) is 0 Å². The Hall–Kier alpha value is -1.40. The standard InChI is InChI=1S/C13H16FN3OS/c1-19-7-6-11(15)13-16-12(17-18-13)8-9-2-4-10(14)5-3-9/h2-5,11H,6-8,15H2,1H3. The summed E-state index contributed by atoms with van der Waals surface area (Å²) in [6.45, 7) is 0. The van der Waals surface area contributed by atoms with Gasteiger partial charge in [-0.2, -0.15) is 16.7 Å². The number of halogens is 1. The van der Waals surface area contributed by atoms with Crippen LogP contribution < -0.4 is 5.73 Å². The SMILES string of the molecule is CSCCC(N)c1nc(Cc2ccc(F)cc2)no1. The van der Waals surface area contributed by atoms with Gasteiger partial charge in [-0.05, 0) is 36.1 Å². The van der Waals surface area contributed by atoms with E-state index in [1.807, 2.05) is 6.26 Å². The van der Waals surface area contributed by atoms with Gasteiger partial charge in [0.2, 0.25) is 5.89 Å². The van der Waals surface area contributed by atoms with Crippen molar-refractivity contribution < 1.29 is 8.91 Å². The number of aromatic nitrogens is 2. The van der Waals surface area contributed by atoms with Crippen LogP contribution in [0.5, 0.6) is 0 Å². The van der Waals surface area contributed by atoms with E-state index in [-0.39, 0.29) is 11.9 Å². The third-order valence-electron chi connectivity index (χ3n) is 2.71. The van der Waals surface area contributed by atoms with Crippen LogP contribution in [0.3, 0.4) is 0 Å². The molecule has 1 heterocycles. The molecule has 0 spiro atoms. The maximum Gasteiger partial charge on any atom is 0.243 e. The Morgan fingerprint density at radius 3 is 2.79 bits per heavy atom. The van der Waals surface area contributed by atoms with E-state index in [0.29, 0.717) is 18.1 Å². The second-order valence-corrected chi connectivity index (χ2v) is 5.23. The van der Waals surface area contributed by atoms with Crippen LogP contribution in [0, 0.1) is 5.82 Å². The van der Waals surface area contributed by atoms with Gasteiger partial charge in [0.15, 0.2) is 5.82 Å². The molecule has 2 rings (SSSR count). The Labute approximate surface area is 115 Å². The molecule has 0 aliphatic rings. The first-order valence-corrected chi connectivity index (χ1v) is 7.40. The lowest BCUT2D eigenvalue weighted by molar-refractivity contribution is 0.349. The van der Waals surface area contributed by atoms with Gasteiger partial charge >= 0.3 is 0 Å². The molecule has 0 aliphatic carbocycles. The molecule has 4 nitrogen and oxygen atoms in total. The molecule has 0 radical (unpaired) electrons. The fraction of sp³-hybridized carbons (Fsp3) is 0.385. The number of benzene rings is 1. The third-order valence-corrected chi connectivity index (χ3v) is 3.35. The van der Waals surface area contributed by atoms with Crippen LogP contribution in [0.25, 0.3) is 0 Å². The maximum atomic E-state index is 12.8. The lowest BCUT2D eigenvalue weighted by Crippen LogP contribution is -2.11. The van der Waals surface area contributed by atoms with E-state index >= 15 is 0 Å². The molecule has 2 N–H and O–H groups in total. The zero-order chi connectivity index (χ0) is 13.7. The Kier molecular flexibility index (Phi) is 4.93. The van der Waals surface area contributed by atoms with Gasteiger partial charge in [0.25, 0.3) is 0 Å². The minimum absolute atomic E-state index is 0.220. The van der Waals surface area contributed by atoms with Gasteiger partial charge in [0.1, 0.15) is 5.82 Å². The van der Waals surface area contributed by atoms with Crippen LogP contribution in [0.15, 0.2) is 28.8 Å². The van der Waals surface area contributed by atoms with Crippen LogP contribution >= 0.6 is 11.8 Å². The van der Waals surface area contributed by atoms with Crippen molar-refractivity contribution in [2.45, 2.75) is 18.9 Å². The van der Waals surface area contributed by atoms with Crippen molar-refractivity contribution in [3.05, 3.63) is 47.4 Å². The van der Waals surface area contributed by atoms with Crippen molar-refractivity contribution in [3.8, 4) is 0 Å². The lowest BCUT2D eigenvalue weighted by atomic mass is 10.1. The highest BCUT2D eigenvalue weighted by Gasteiger charge is 2.14.